The number of aromatic hydroxyl groups is 1. The molecule has 148 valence electrons. The van der Waals surface area contributed by atoms with E-state index >= 15 is 0 Å². The monoisotopic (exact) mass is 392 g/mol. The summed E-state index contributed by atoms with van der Waals surface area (Å²) in [7, 11) is 1.38. The highest BCUT2D eigenvalue weighted by molar-refractivity contribution is 6.31. The Hall–Kier alpha value is -3.43. The Balaban J connectivity index is 2.22. The van der Waals surface area contributed by atoms with Crippen molar-refractivity contribution in [3.8, 4) is 23.3 Å². The van der Waals surface area contributed by atoms with Gasteiger partial charge in [-0.1, -0.05) is 25.0 Å². The Morgan fingerprint density at radius 2 is 1.86 bits per heavy atom. The van der Waals surface area contributed by atoms with Crippen LogP contribution in [0.25, 0.3) is 0 Å². The summed E-state index contributed by atoms with van der Waals surface area (Å²) in [5.41, 5.74) is -1.21. The first-order valence-corrected chi connectivity index (χ1v) is 9.05. The highest BCUT2D eigenvalue weighted by Gasteiger charge is 2.36. The standard InChI is InChI=1S/C23H20O6/c1-5-23(3,28)10-9-15(24)17-12(2)11-14-19(21(17)26)22(27)18-13(20(14)25)7-6-8-16(18)29-4/h6-8,11,26,28H,5H2,1-4H3. The van der Waals surface area contributed by atoms with Crippen molar-refractivity contribution in [3.05, 3.63) is 57.6 Å². The number of ketones is 3. The largest absolute Gasteiger partial charge is 0.506 e. The Labute approximate surface area is 168 Å². The summed E-state index contributed by atoms with van der Waals surface area (Å²) in [6, 6.07) is 6.08. The zero-order valence-corrected chi connectivity index (χ0v) is 16.5. The summed E-state index contributed by atoms with van der Waals surface area (Å²) >= 11 is 0. The molecule has 0 spiro atoms. The predicted octanol–water partition coefficient (Wildman–Crippen LogP) is 2.83. The molecule has 0 saturated carbocycles. The lowest BCUT2D eigenvalue weighted by Crippen LogP contribution is -2.23. The highest BCUT2D eigenvalue weighted by atomic mass is 16.5. The summed E-state index contributed by atoms with van der Waals surface area (Å²) < 4.78 is 5.20. The maximum atomic E-state index is 13.1. The number of methoxy groups -OCH3 is 1. The van der Waals surface area contributed by atoms with Crippen molar-refractivity contribution in [2.75, 3.05) is 7.11 Å². The predicted molar refractivity (Wildman–Crippen MR) is 106 cm³/mol. The van der Waals surface area contributed by atoms with E-state index in [-0.39, 0.29) is 33.6 Å². The lowest BCUT2D eigenvalue weighted by Gasteiger charge is -2.22. The van der Waals surface area contributed by atoms with Gasteiger partial charge in [0.2, 0.25) is 11.6 Å². The van der Waals surface area contributed by atoms with Crippen molar-refractivity contribution < 1.29 is 29.3 Å². The van der Waals surface area contributed by atoms with E-state index in [0.717, 1.165) is 0 Å². The zero-order valence-electron chi connectivity index (χ0n) is 16.5. The number of carbonyl (C=O) groups excluding carboxylic acids is 3. The van der Waals surface area contributed by atoms with E-state index in [4.69, 9.17) is 4.74 Å². The molecule has 6 heteroatoms. The van der Waals surface area contributed by atoms with E-state index in [1.54, 1.807) is 26.0 Å². The van der Waals surface area contributed by atoms with Gasteiger partial charge in [-0.2, -0.15) is 0 Å². The van der Waals surface area contributed by atoms with E-state index in [2.05, 4.69) is 11.8 Å². The molecule has 2 N–H and O–H groups in total. The summed E-state index contributed by atoms with van der Waals surface area (Å²) in [4.78, 5) is 38.7. The van der Waals surface area contributed by atoms with Crippen LogP contribution in [0.2, 0.25) is 0 Å². The molecule has 1 unspecified atom stereocenters. The maximum absolute atomic E-state index is 13.1. The molecule has 29 heavy (non-hydrogen) atoms. The average Bonchev–Trinajstić information content (AvgIpc) is 2.69. The molecular formula is C23H20O6. The second kappa shape index (κ2) is 7.19. The van der Waals surface area contributed by atoms with Gasteiger partial charge in [0.25, 0.3) is 0 Å². The quantitative estimate of drug-likeness (QED) is 0.404. The summed E-state index contributed by atoms with van der Waals surface area (Å²) in [6.07, 6.45) is 0.312. The van der Waals surface area contributed by atoms with Gasteiger partial charge in [-0.05, 0) is 43.9 Å². The third-order valence-corrected chi connectivity index (χ3v) is 5.05. The zero-order chi connectivity index (χ0) is 21.5. The van der Waals surface area contributed by atoms with E-state index < -0.39 is 28.7 Å². The maximum Gasteiger partial charge on any atom is 0.240 e. The van der Waals surface area contributed by atoms with Gasteiger partial charge in [0.15, 0.2) is 5.78 Å². The molecule has 0 aromatic heterocycles. The Morgan fingerprint density at radius 1 is 1.17 bits per heavy atom. The molecule has 2 aromatic rings. The molecule has 2 aromatic carbocycles. The molecular weight excluding hydrogens is 372 g/mol. The Morgan fingerprint density at radius 3 is 2.48 bits per heavy atom. The topological polar surface area (TPSA) is 101 Å². The number of fused-ring (bicyclic) bond motifs is 2. The third kappa shape index (κ3) is 3.30. The second-order valence-corrected chi connectivity index (χ2v) is 7.09. The van der Waals surface area contributed by atoms with Crippen molar-refractivity contribution in [2.24, 2.45) is 0 Å². The molecule has 3 rings (SSSR count). The van der Waals surface area contributed by atoms with Gasteiger partial charge in [0.1, 0.15) is 17.1 Å². The number of aliphatic hydroxyl groups is 1. The van der Waals surface area contributed by atoms with Gasteiger partial charge in [0.05, 0.1) is 23.8 Å². The van der Waals surface area contributed by atoms with Crippen molar-refractivity contribution in [1.29, 1.82) is 0 Å². The molecule has 0 radical (unpaired) electrons. The van der Waals surface area contributed by atoms with Crippen molar-refractivity contribution >= 4 is 17.3 Å². The van der Waals surface area contributed by atoms with Crippen LogP contribution in [0, 0.1) is 18.8 Å². The molecule has 1 aliphatic carbocycles. The highest BCUT2D eigenvalue weighted by Crippen LogP contribution is 2.39. The third-order valence-electron chi connectivity index (χ3n) is 5.05. The lowest BCUT2D eigenvalue weighted by atomic mass is 9.80. The summed E-state index contributed by atoms with van der Waals surface area (Å²) in [5, 5.41) is 20.8. The van der Waals surface area contributed by atoms with Crippen LogP contribution in [-0.4, -0.2) is 40.3 Å². The normalized spacial score (nSPS) is 14.2. The fourth-order valence-corrected chi connectivity index (χ4v) is 3.23. The van der Waals surface area contributed by atoms with Crippen LogP contribution in [0.3, 0.4) is 0 Å². The molecule has 1 atom stereocenters. The van der Waals surface area contributed by atoms with Crippen molar-refractivity contribution in [1.82, 2.24) is 0 Å². The van der Waals surface area contributed by atoms with Gasteiger partial charge in [-0.3, -0.25) is 14.4 Å². The molecule has 6 nitrogen and oxygen atoms in total. The SMILES string of the molecule is CCC(C)(O)C#CC(=O)c1c(C)cc2c(c1O)C(=O)c1c(OC)cccc1C2=O. The summed E-state index contributed by atoms with van der Waals surface area (Å²) in [5.74, 6) is 2.62. The minimum atomic E-state index is -1.36. The van der Waals surface area contributed by atoms with E-state index in [0.29, 0.717) is 12.0 Å². The van der Waals surface area contributed by atoms with Gasteiger partial charge >= 0.3 is 0 Å². The first-order valence-electron chi connectivity index (χ1n) is 9.05. The van der Waals surface area contributed by atoms with Gasteiger partial charge in [0, 0.05) is 11.1 Å². The minimum Gasteiger partial charge on any atom is -0.506 e. The number of hydrogen-bond acceptors (Lipinski definition) is 6. The van der Waals surface area contributed by atoms with Crippen molar-refractivity contribution in [2.45, 2.75) is 32.8 Å². The smallest absolute Gasteiger partial charge is 0.240 e. The first kappa shape index (κ1) is 20.3. The first-order chi connectivity index (χ1) is 13.6. The van der Waals surface area contributed by atoms with Crippen LogP contribution in [0.4, 0.5) is 0 Å². The molecule has 0 amide bonds. The fraction of sp³-hybridized carbons (Fsp3) is 0.261. The Bertz CT molecular complexity index is 1130. The number of hydrogen-bond donors (Lipinski definition) is 2. The van der Waals surface area contributed by atoms with Crippen LogP contribution in [0.1, 0.15) is 68.0 Å². The van der Waals surface area contributed by atoms with E-state index in [9.17, 15) is 24.6 Å². The minimum absolute atomic E-state index is 0.0239. The van der Waals surface area contributed by atoms with Crippen LogP contribution < -0.4 is 4.74 Å². The van der Waals surface area contributed by atoms with Crippen LogP contribution in [0.15, 0.2) is 24.3 Å². The summed E-state index contributed by atoms with van der Waals surface area (Å²) in [6.45, 7) is 4.74. The fourth-order valence-electron chi connectivity index (χ4n) is 3.23. The molecule has 0 saturated heterocycles. The second-order valence-electron chi connectivity index (χ2n) is 7.09. The molecule has 0 bridgehead atoms. The number of phenolic OH excluding ortho intramolecular Hbond substituents is 1. The van der Waals surface area contributed by atoms with Gasteiger partial charge < -0.3 is 14.9 Å². The number of benzene rings is 2. The Kier molecular flexibility index (Phi) is 5.04. The number of phenols is 1. The number of carbonyl (C=O) groups is 3. The van der Waals surface area contributed by atoms with Crippen LogP contribution >= 0.6 is 0 Å². The number of Topliss-reactive ketones (excluding diaryl/α,β-unsaturated/α-hetero) is 1. The number of ether oxygens (including phenoxy) is 1. The van der Waals surface area contributed by atoms with E-state index in [1.165, 1.54) is 26.2 Å². The van der Waals surface area contributed by atoms with Crippen LogP contribution in [-0.2, 0) is 0 Å². The van der Waals surface area contributed by atoms with Gasteiger partial charge in [-0.15, -0.1) is 0 Å². The van der Waals surface area contributed by atoms with Crippen LogP contribution in [0.5, 0.6) is 11.5 Å². The van der Waals surface area contributed by atoms with Crippen molar-refractivity contribution in [3.63, 3.8) is 0 Å². The van der Waals surface area contributed by atoms with E-state index in [1.807, 2.05) is 0 Å². The number of aryl methyl sites for hydroxylation is 1. The molecule has 0 fully saturated rings. The van der Waals surface area contributed by atoms with Gasteiger partial charge in [-0.25, -0.2) is 0 Å². The average molecular weight is 392 g/mol. The molecule has 1 aliphatic rings. The number of rotatable bonds is 3. The lowest BCUT2D eigenvalue weighted by molar-refractivity contribution is 0.0972. The molecule has 0 aliphatic heterocycles. The molecule has 0 heterocycles.